The van der Waals surface area contributed by atoms with Crippen LogP contribution in [0.15, 0.2) is 30.5 Å². The Bertz CT molecular complexity index is 522. The molecule has 0 aliphatic rings. The van der Waals surface area contributed by atoms with Crippen LogP contribution in [-0.4, -0.2) is 38.0 Å². The molecule has 0 radical (unpaired) electrons. The molecule has 1 aromatic heterocycles. The van der Waals surface area contributed by atoms with E-state index in [0.717, 1.165) is 45.0 Å². The molecule has 2 rings (SSSR count). The predicted molar refractivity (Wildman–Crippen MR) is 82.5 cm³/mol. The first kappa shape index (κ1) is 14.9. The third-order valence-electron chi connectivity index (χ3n) is 3.35. The first-order valence-corrected chi connectivity index (χ1v) is 7.26. The Morgan fingerprint density at radius 3 is 2.90 bits per heavy atom. The molecule has 20 heavy (non-hydrogen) atoms. The van der Waals surface area contributed by atoms with Gasteiger partial charge in [-0.1, -0.05) is 0 Å². The molecule has 4 heteroatoms. The van der Waals surface area contributed by atoms with Crippen LogP contribution in [-0.2, 0) is 11.3 Å². The molecular weight excluding hydrogens is 252 g/mol. The molecule has 0 atom stereocenters. The summed E-state index contributed by atoms with van der Waals surface area (Å²) in [5.74, 6) is 0.907. The Morgan fingerprint density at radius 1 is 1.20 bits per heavy atom. The first-order chi connectivity index (χ1) is 9.85. The average molecular weight is 276 g/mol. The fourth-order valence-electron chi connectivity index (χ4n) is 2.27. The van der Waals surface area contributed by atoms with Crippen LogP contribution in [0.1, 0.15) is 13.3 Å². The molecule has 4 nitrogen and oxygen atoms in total. The van der Waals surface area contributed by atoms with E-state index in [1.54, 1.807) is 7.11 Å². The Morgan fingerprint density at radius 2 is 2.10 bits per heavy atom. The quantitative estimate of drug-likeness (QED) is 0.715. The third kappa shape index (κ3) is 3.99. The van der Waals surface area contributed by atoms with E-state index in [2.05, 4.69) is 34.3 Å². The van der Waals surface area contributed by atoms with Gasteiger partial charge in [0.25, 0.3) is 0 Å². The van der Waals surface area contributed by atoms with Crippen molar-refractivity contribution in [1.29, 1.82) is 0 Å². The number of methoxy groups -OCH3 is 1. The fraction of sp³-hybridized carbons (Fsp3) is 0.500. The summed E-state index contributed by atoms with van der Waals surface area (Å²) in [7, 11) is 1.70. The fourth-order valence-corrected chi connectivity index (χ4v) is 2.27. The normalized spacial score (nSPS) is 11.1. The monoisotopic (exact) mass is 276 g/mol. The molecule has 0 saturated carbocycles. The summed E-state index contributed by atoms with van der Waals surface area (Å²) in [6, 6.07) is 8.33. The number of fused-ring (bicyclic) bond motifs is 1. The standard InChI is InChI=1S/C16H24N2O2/c1-3-20-12-4-8-17-9-11-18-10-7-14-13-15(19-2)5-6-16(14)18/h5-7,10,13,17H,3-4,8-9,11-12H2,1-2H3. The summed E-state index contributed by atoms with van der Waals surface area (Å²) in [5.41, 5.74) is 1.25. The van der Waals surface area contributed by atoms with E-state index in [0.29, 0.717) is 0 Å². The van der Waals surface area contributed by atoms with E-state index in [-0.39, 0.29) is 0 Å². The lowest BCUT2D eigenvalue weighted by atomic mass is 10.2. The van der Waals surface area contributed by atoms with Crippen LogP contribution < -0.4 is 10.1 Å². The van der Waals surface area contributed by atoms with Crippen LogP contribution >= 0.6 is 0 Å². The molecular formula is C16H24N2O2. The van der Waals surface area contributed by atoms with Crippen molar-refractivity contribution in [3.05, 3.63) is 30.5 Å². The molecule has 110 valence electrons. The highest BCUT2D eigenvalue weighted by molar-refractivity contribution is 5.81. The lowest BCUT2D eigenvalue weighted by molar-refractivity contribution is 0.145. The number of rotatable bonds is 9. The van der Waals surface area contributed by atoms with Gasteiger partial charge in [-0.2, -0.15) is 0 Å². The molecule has 0 aliphatic heterocycles. The van der Waals surface area contributed by atoms with Crippen LogP contribution in [0.3, 0.4) is 0 Å². The summed E-state index contributed by atoms with van der Waals surface area (Å²) in [6.07, 6.45) is 3.20. The second-order valence-electron chi connectivity index (χ2n) is 4.73. The number of ether oxygens (including phenoxy) is 2. The SMILES string of the molecule is CCOCCCNCCn1ccc2cc(OC)ccc21. The Kier molecular flexibility index (Phi) is 5.89. The highest BCUT2D eigenvalue weighted by Gasteiger charge is 2.02. The Balaban J connectivity index is 1.79. The zero-order chi connectivity index (χ0) is 14.2. The highest BCUT2D eigenvalue weighted by Crippen LogP contribution is 2.21. The summed E-state index contributed by atoms with van der Waals surface area (Å²) >= 11 is 0. The molecule has 0 saturated heterocycles. The number of benzene rings is 1. The van der Waals surface area contributed by atoms with Crippen LogP contribution in [0, 0.1) is 0 Å². The molecule has 0 bridgehead atoms. The van der Waals surface area contributed by atoms with Crippen molar-refractivity contribution >= 4 is 10.9 Å². The summed E-state index contributed by atoms with van der Waals surface area (Å²) < 4.78 is 12.8. The smallest absolute Gasteiger partial charge is 0.119 e. The minimum atomic E-state index is 0.804. The van der Waals surface area contributed by atoms with Gasteiger partial charge in [-0.25, -0.2) is 0 Å². The van der Waals surface area contributed by atoms with Gasteiger partial charge >= 0.3 is 0 Å². The molecule has 0 aliphatic carbocycles. The van der Waals surface area contributed by atoms with E-state index in [4.69, 9.17) is 9.47 Å². The average Bonchev–Trinajstić information content (AvgIpc) is 2.88. The summed E-state index contributed by atoms with van der Waals surface area (Å²) in [4.78, 5) is 0. The van der Waals surface area contributed by atoms with Crippen LogP contribution in [0.5, 0.6) is 5.75 Å². The van der Waals surface area contributed by atoms with Crippen molar-refractivity contribution in [1.82, 2.24) is 9.88 Å². The zero-order valence-electron chi connectivity index (χ0n) is 12.4. The maximum absolute atomic E-state index is 5.31. The van der Waals surface area contributed by atoms with Gasteiger partial charge < -0.3 is 19.4 Å². The molecule has 1 N–H and O–H groups in total. The number of hydrogen-bond acceptors (Lipinski definition) is 3. The van der Waals surface area contributed by atoms with Gasteiger partial charge in [0.1, 0.15) is 5.75 Å². The lowest BCUT2D eigenvalue weighted by Crippen LogP contribution is -2.21. The van der Waals surface area contributed by atoms with E-state index in [1.807, 2.05) is 13.0 Å². The van der Waals surface area contributed by atoms with Crippen molar-refractivity contribution < 1.29 is 9.47 Å². The first-order valence-electron chi connectivity index (χ1n) is 7.26. The Hall–Kier alpha value is -1.52. The third-order valence-corrected chi connectivity index (χ3v) is 3.35. The van der Waals surface area contributed by atoms with Crippen molar-refractivity contribution in [2.24, 2.45) is 0 Å². The number of nitrogens with one attached hydrogen (secondary N) is 1. The van der Waals surface area contributed by atoms with E-state index >= 15 is 0 Å². The molecule has 0 fully saturated rings. The second-order valence-corrected chi connectivity index (χ2v) is 4.73. The molecule has 1 aromatic carbocycles. The highest BCUT2D eigenvalue weighted by atomic mass is 16.5. The summed E-state index contributed by atoms with van der Waals surface area (Å²) in [6.45, 7) is 6.63. The van der Waals surface area contributed by atoms with Crippen LogP contribution in [0.4, 0.5) is 0 Å². The number of hydrogen-bond donors (Lipinski definition) is 1. The van der Waals surface area contributed by atoms with Crippen LogP contribution in [0.2, 0.25) is 0 Å². The van der Waals surface area contributed by atoms with Gasteiger partial charge in [-0.05, 0) is 44.2 Å². The van der Waals surface area contributed by atoms with Crippen molar-refractivity contribution in [3.63, 3.8) is 0 Å². The maximum atomic E-state index is 5.31. The molecule has 2 aromatic rings. The van der Waals surface area contributed by atoms with Gasteiger partial charge in [0.05, 0.1) is 7.11 Å². The summed E-state index contributed by atoms with van der Waals surface area (Å²) in [5, 5.41) is 4.67. The molecule has 0 spiro atoms. The molecule has 0 unspecified atom stereocenters. The van der Waals surface area contributed by atoms with Gasteiger partial charge in [0.15, 0.2) is 0 Å². The molecule has 1 heterocycles. The van der Waals surface area contributed by atoms with Crippen molar-refractivity contribution in [3.8, 4) is 5.75 Å². The van der Waals surface area contributed by atoms with Gasteiger partial charge in [0.2, 0.25) is 0 Å². The van der Waals surface area contributed by atoms with Crippen molar-refractivity contribution in [2.45, 2.75) is 19.9 Å². The van der Waals surface area contributed by atoms with Crippen molar-refractivity contribution in [2.75, 3.05) is 33.4 Å². The van der Waals surface area contributed by atoms with Gasteiger partial charge in [-0.3, -0.25) is 0 Å². The van der Waals surface area contributed by atoms with E-state index in [1.165, 1.54) is 10.9 Å². The molecule has 0 amide bonds. The van der Waals surface area contributed by atoms with Crippen LogP contribution in [0.25, 0.3) is 10.9 Å². The Labute approximate surface area is 120 Å². The second kappa shape index (κ2) is 7.92. The maximum Gasteiger partial charge on any atom is 0.119 e. The van der Waals surface area contributed by atoms with E-state index < -0.39 is 0 Å². The zero-order valence-corrected chi connectivity index (χ0v) is 12.4. The van der Waals surface area contributed by atoms with E-state index in [9.17, 15) is 0 Å². The minimum absolute atomic E-state index is 0.804. The topological polar surface area (TPSA) is 35.4 Å². The van der Waals surface area contributed by atoms with Gasteiger partial charge in [0, 0.05) is 43.4 Å². The van der Waals surface area contributed by atoms with Gasteiger partial charge in [-0.15, -0.1) is 0 Å². The lowest BCUT2D eigenvalue weighted by Gasteiger charge is -2.08. The number of nitrogens with zero attached hydrogens (tertiary/aromatic N) is 1. The largest absolute Gasteiger partial charge is 0.497 e. The minimum Gasteiger partial charge on any atom is -0.497 e. The number of aromatic nitrogens is 1. The predicted octanol–water partition coefficient (Wildman–Crippen LogP) is 2.67.